The van der Waals surface area contributed by atoms with Crippen molar-refractivity contribution < 1.29 is 27.0 Å². The van der Waals surface area contributed by atoms with Crippen LogP contribution in [0.4, 0.5) is 17.6 Å². The van der Waals surface area contributed by atoms with Crippen LogP contribution in [0.25, 0.3) is 0 Å². The van der Waals surface area contributed by atoms with Gasteiger partial charge in [0.15, 0.2) is 0 Å². The maximum absolute atomic E-state index is 13.5. The lowest BCUT2D eigenvalue weighted by atomic mass is 9.80. The van der Waals surface area contributed by atoms with E-state index in [1.54, 1.807) is 12.1 Å². The molecule has 1 atom stereocenters. The van der Waals surface area contributed by atoms with Crippen molar-refractivity contribution in [2.45, 2.75) is 75.5 Å². The van der Waals surface area contributed by atoms with Crippen LogP contribution in [0, 0.1) is 5.82 Å². The zero-order valence-electron chi connectivity index (χ0n) is 19.8. The number of piperidine rings is 1. The second-order valence-corrected chi connectivity index (χ2v) is 10.1. The van der Waals surface area contributed by atoms with Gasteiger partial charge in [0.25, 0.3) is 0 Å². The van der Waals surface area contributed by atoms with Gasteiger partial charge in [-0.1, -0.05) is 37.1 Å². The van der Waals surface area contributed by atoms with Crippen molar-refractivity contribution >= 4 is 0 Å². The Morgan fingerprint density at radius 2 is 1.54 bits per heavy atom. The highest BCUT2D eigenvalue weighted by atomic mass is 19.4. The van der Waals surface area contributed by atoms with Gasteiger partial charge in [-0.15, -0.1) is 13.2 Å². The molecular weight excluding hydrogens is 460 g/mol. The number of nitrogens with zero attached hydrogens (tertiary/aromatic N) is 2. The minimum absolute atomic E-state index is 0.102. The van der Waals surface area contributed by atoms with E-state index in [-0.39, 0.29) is 23.2 Å². The maximum atomic E-state index is 13.5. The maximum Gasteiger partial charge on any atom is 0.573 e. The van der Waals surface area contributed by atoms with Crippen molar-refractivity contribution in [3.8, 4) is 5.75 Å². The van der Waals surface area contributed by atoms with E-state index in [0.717, 1.165) is 43.5 Å². The molecule has 1 aliphatic carbocycles. The molecule has 8 heteroatoms. The third kappa shape index (κ3) is 5.81. The second-order valence-electron chi connectivity index (χ2n) is 10.1. The van der Waals surface area contributed by atoms with Crippen molar-refractivity contribution in [1.29, 1.82) is 0 Å². The lowest BCUT2D eigenvalue weighted by Crippen LogP contribution is -2.54. The lowest BCUT2D eigenvalue weighted by molar-refractivity contribution is -0.274. The predicted molar refractivity (Wildman–Crippen MR) is 124 cm³/mol. The largest absolute Gasteiger partial charge is 0.573 e. The van der Waals surface area contributed by atoms with E-state index >= 15 is 0 Å². The van der Waals surface area contributed by atoms with E-state index in [1.807, 2.05) is 12.1 Å². The third-order valence-electron chi connectivity index (χ3n) is 7.94. The number of ether oxygens (including phenoxy) is 2. The van der Waals surface area contributed by atoms with Gasteiger partial charge in [0.1, 0.15) is 18.3 Å². The number of benzene rings is 2. The van der Waals surface area contributed by atoms with Gasteiger partial charge < -0.3 is 14.4 Å². The van der Waals surface area contributed by atoms with Gasteiger partial charge in [-0.3, -0.25) is 4.90 Å². The monoisotopic (exact) mass is 492 g/mol. The first-order valence-corrected chi connectivity index (χ1v) is 12.5. The zero-order chi connectivity index (χ0) is 24.5. The first kappa shape index (κ1) is 24.5. The van der Waals surface area contributed by atoms with Crippen molar-refractivity contribution in [2.24, 2.45) is 0 Å². The van der Waals surface area contributed by atoms with Crippen molar-refractivity contribution in [2.75, 3.05) is 19.8 Å². The quantitative estimate of drug-likeness (QED) is 0.469. The number of likely N-dealkylation sites (tertiary alicyclic amines) is 1. The van der Waals surface area contributed by atoms with Crippen LogP contribution in [-0.4, -0.2) is 53.7 Å². The number of rotatable bonds is 6. The predicted octanol–water partition coefficient (Wildman–Crippen LogP) is 5.90. The van der Waals surface area contributed by atoms with Crippen molar-refractivity contribution in [3.05, 3.63) is 65.5 Å². The molecule has 2 aromatic rings. The van der Waals surface area contributed by atoms with Gasteiger partial charge >= 0.3 is 6.36 Å². The summed E-state index contributed by atoms with van der Waals surface area (Å²) in [4.78, 5) is 4.90. The molecule has 0 amide bonds. The molecule has 2 aromatic carbocycles. The molecule has 0 aromatic heterocycles. The van der Waals surface area contributed by atoms with Crippen LogP contribution in [-0.2, 0) is 17.7 Å². The first-order valence-electron chi connectivity index (χ1n) is 12.5. The molecule has 2 aliphatic heterocycles. The normalized spacial score (nSPS) is 23.8. The van der Waals surface area contributed by atoms with E-state index in [2.05, 4.69) is 14.5 Å². The van der Waals surface area contributed by atoms with Crippen LogP contribution in [0.15, 0.2) is 48.5 Å². The Hall–Kier alpha value is -2.16. The van der Waals surface area contributed by atoms with Crippen LogP contribution >= 0.6 is 0 Å². The van der Waals surface area contributed by atoms with Gasteiger partial charge in [0.2, 0.25) is 0 Å². The molecule has 35 heavy (non-hydrogen) atoms. The van der Waals surface area contributed by atoms with Gasteiger partial charge in [0.05, 0.1) is 5.60 Å². The van der Waals surface area contributed by atoms with E-state index in [1.165, 1.54) is 49.9 Å². The van der Waals surface area contributed by atoms with Crippen LogP contribution in [0.3, 0.4) is 0 Å². The summed E-state index contributed by atoms with van der Waals surface area (Å²) in [5.41, 5.74) is 1.68. The number of hydrogen-bond acceptors (Lipinski definition) is 4. The summed E-state index contributed by atoms with van der Waals surface area (Å²) in [5, 5.41) is 0. The molecule has 3 aliphatic rings. The highest BCUT2D eigenvalue weighted by molar-refractivity contribution is 5.28. The van der Waals surface area contributed by atoms with E-state index in [0.29, 0.717) is 19.3 Å². The smallest absolute Gasteiger partial charge is 0.406 e. The Balaban J connectivity index is 1.31. The number of hydrogen-bond donors (Lipinski definition) is 0. The molecule has 0 bridgehead atoms. The minimum Gasteiger partial charge on any atom is -0.406 e. The van der Waals surface area contributed by atoms with Gasteiger partial charge in [-0.25, -0.2) is 4.39 Å². The standard InChI is InChI=1S/C27H32F4N2O2/c28-22-9-5-20(6-10-22)17-25-26(13-15-32(16-14-26)23-3-1-2-4-23)34-19-33(25)18-21-7-11-24(12-8-21)35-27(29,30)31/h5-12,23,25H,1-4,13-19H2. The highest BCUT2D eigenvalue weighted by Gasteiger charge is 2.50. The van der Waals surface area contributed by atoms with Crippen LogP contribution < -0.4 is 4.74 Å². The van der Waals surface area contributed by atoms with Crippen LogP contribution in [0.1, 0.15) is 49.7 Å². The zero-order valence-corrected chi connectivity index (χ0v) is 19.8. The average Bonchev–Trinajstić information content (AvgIpc) is 3.47. The molecule has 4 nitrogen and oxygen atoms in total. The molecule has 1 spiro atoms. The Morgan fingerprint density at radius 3 is 2.17 bits per heavy atom. The molecule has 1 saturated carbocycles. The fraction of sp³-hybridized carbons (Fsp3) is 0.556. The summed E-state index contributed by atoms with van der Waals surface area (Å²) < 4.78 is 61.6. The summed E-state index contributed by atoms with van der Waals surface area (Å²) in [5.74, 6) is -0.480. The average molecular weight is 493 g/mol. The molecular formula is C27H32F4N2O2. The van der Waals surface area contributed by atoms with Crippen LogP contribution in [0.5, 0.6) is 5.75 Å². The summed E-state index contributed by atoms with van der Waals surface area (Å²) in [6, 6.07) is 13.5. The molecule has 0 N–H and O–H groups in total. The SMILES string of the molecule is Fc1ccc(CC2N(Cc3ccc(OC(F)(F)F)cc3)COC23CCN(C2CCCC2)CC3)cc1. The van der Waals surface area contributed by atoms with E-state index in [9.17, 15) is 17.6 Å². The summed E-state index contributed by atoms with van der Waals surface area (Å²) in [7, 11) is 0. The number of alkyl halides is 3. The topological polar surface area (TPSA) is 24.9 Å². The fourth-order valence-electron chi connectivity index (χ4n) is 6.09. The molecule has 5 rings (SSSR count). The summed E-state index contributed by atoms with van der Waals surface area (Å²) in [6.45, 7) is 3.06. The molecule has 2 heterocycles. The molecule has 2 saturated heterocycles. The highest BCUT2D eigenvalue weighted by Crippen LogP contribution is 2.41. The van der Waals surface area contributed by atoms with Gasteiger partial charge in [0, 0.05) is 31.7 Å². The summed E-state index contributed by atoms with van der Waals surface area (Å²) in [6.07, 6.45) is 3.13. The Bertz CT molecular complexity index is 966. The van der Waals surface area contributed by atoms with E-state index < -0.39 is 6.36 Å². The van der Waals surface area contributed by atoms with Gasteiger partial charge in [-0.05, 0) is 67.5 Å². The molecule has 1 unspecified atom stereocenters. The first-order chi connectivity index (χ1) is 16.8. The Morgan fingerprint density at radius 1 is 0.914 bits per heavy atom. The van der Waals surface area contributed by atoms with Crippen molar-refractivity contribution in [1.82, 2.24) is 9.80 Å². The Labute approximate surface area is 203 Å². The van der Waals surface area contributed by atoms with E-state index in [4.69, 9.17) is 4.74 Å². The lowest BCUT2D eigenvalue weighted by Gasteiger charge is -2.44. The van der Waals surface area contributed by atoms with Crippen molar-refractivity contribution in [3.63, 3.8) is 0 Å². The number of halogens is 4. The second kappa shape index (κ2) is 10.1. The molecule has 3 fully saturated rings. The molecule has 190 valence electrons. The summed E-state index contributed by atoms with van der Waals surface area (Å²) >= 11 is 0. The Kier molecular flexibility index (Phi) is 7.06. The molecule has 0 radical (unpaired) electrons. The minimum atomic E-state index is -4.70. The fourth-order valence-corrected chi connectivity index (χ4v) is 6.09. The van der Waals surface area contributed by atoms with Crippen LogP contribution in [0.2, 0.25) is 0 Å². The third-order valence-corrected chi connectivity index (χ3v) is 7.94. The van der Waals surface area contributed by atoms with Gasteiger partial charge in [-0.2, -0.15) is 0 Å².